The number of aryl methyl sites for hydroxylation is 1. The van der Waals surface area contributed by atoms with E-state index in [1.807, 2.05) is 4.90 Å². The van der Waals surface area contributed by atoms with Crippen molar-refractivity contribution >= 4 is 11.8 Å². The quantitative estimate of drug-likeness (QED) is 0.804. The van der Waals surface area contributed by atoms with Gasteiger partial charge in [-0.05, 0) is 38.5 Å². The van der Waals surface area contributed by atoms with Gasteiger partial charge in [-0.2, -0.15) is 5.10 Å². The molecule has 1 spiro atoms. The maximum atomic E-state index is 13.2. The molecule has 26 heavy (non-hydrogen) atoms. The Balaban J connectivity index is 1.32. The lowest BCUT2D eigenvalue weighted by atomic mass is 9.77. The van der Waals surface area contributed by atoms with E-state index >= 15 is 0 Å². The Morgan fingerprint density at radius 3 is 2.81 bits per heavy atom. The smallest absolute Gasteiger partial charge is 0.230 e. The van der Waals surface area contributed by atoms with Crippen LogP contribution >= 0.6 is 0 Å². The van der Waals surface area contributed by atoms with Crippen LogP contribution in [0, 0.1) is 5.41 Å². The Morgan fingerprint density at radius 1 is 1.19 bits per heavy atom. The van der Waals surface area contributed by atoms with Gasteiger partial charge in [0.2, 0.25) is 11.8 Å². The Kier molecular flexibility index (Phi) is 4.96. The van der Waals surface area contributed by atoms with E-state index in [0.717, 1.165) is 51.6 Å². The highest BCUT2D eigenvalue weighted by molar-refractivity contribution is 5.86. The van der Waals surface area contributed by atoms with Gasteiger partial charge in [0, 0.05) is 38.6 Å². The van der Waals surface area contributed by atoms with Crippen LogP contribution < -0.4 is 0 Å². The summed E-state index contributed by atoms with van der Waals surface area (Å²) in [5.74, 6) is 0.501. The van der Waals surface area contributed by atoms with E-state index in [1.165, 1.54) is 19.2 Å². The predicted molar refractivity (Wildman–Crippen MR) is 96.1 cm³/mol. The molecule has 2 saturated heterocycles. The van der Waals surface area contributed by atoms with Crippen molar-refractivity contribution in [2.75, 3.05) is 19.6 Å². The molecule has 142 valence electrons. The largest absolute Gasteiger partial charge is 0.342 e. The van der Waals surface area contributed by atoms with Crippen molar-refractivity contribution in [3.05, 3.63) is 12.7 Å². The molecule has 1 aromatic heterocycles. The molecule has 0 radical (unpaired) electrons. The molecule has 0 N–H and O–H groups in total. The van der Waals surface area contributed by atoms with Crippen LogP contribution in [0.15, 0.2) is 12.7 Å². The van der Waals surface area contributed by atoms with Crippen LogP contribution in [0.25, 0.3) is 0 Å². The first-order chi connectivity index (χ1) is 12.7. The molecule has 3 heterocycles. The monoisotopic (exact) mass is 359 g/mol. The molecule has 1 atom stereocenters. The Bertz CT molecular complexity index is 640. The summed E-state index contributed by atoms with van der Waals surface area (Å²) >= 11 is 0. The number of hydrogen-bond acceptors (Lipinski definition) is 4. The van der Waals surface area contributed by atoms with Crippen molar-refractivity contribution < 1.29 is 9.59 Å². The molecule has 0 aromatic carbocycles. The highest BCUT2D eigenvalue weighted by Gasteiger charge is 2.50. The molecule has 2 aliphatic heterocycles. The average molecular weight is 359 g/mol. The van der Waals surface area contributed by atoms with Crippen molar-refractivity contribution in [1.29, 1.82) is 0 Å². The zero-order chi connectivity index (χ0) is 18.0. The zero-order valence-electron chi connectivity index (χ0n) is 15.5. The van der Waals surface area contributed by atoms with Crippen LogP contribution in [-0.4, -0.2) is 62.1 Å². The molecule has 7 heteroatoms. The van der Waals surface area contributed by atoms with Crippen molar-refractivity contribution in [1.82, 2.24) is 24.6 Å². The number of hydrogen-bond donors (Lipinski definition) is 0. The fourth-order valence-corrected chi connectivity index (χ4v) is 5.03. The van der Waals surface area contributed by atoms with E-state index < -0.39 is 0 Å². The number of likely N-dealkylation sites (tertiary alicyclic amines) is 2. The summed E-state index contributed by atoms with van der Waals surface area (Å²) in [7, 11) is 0. The minimum Gasteiger partial charge on any atom is -0.342 e. The predicted octanol–water partition coefficient (Wildman–Crippen LogP) is 1.84. The lowest BCUT2D eigenvalue weighted by Crippen LogP contribution is -2.53. The molecule has 4 rings (SSSR count). The van der Waals surface area contributed by atoms with Gasteiger partial charge in [0.15, 0.2) is 0 Å². The first-order valence-electron chi connectivity index (χ1n) is 10.1. The fourth-order valence-electron chi connectivity index (χ4n) is 5.03. The summed E-state index contributed by atoms with van der Waals surface area (Å²) in [6.45, 7) is 2.97. The molecular weight excluding hydrogens is 330 g/mol. The van der Waals surface area contributed by atoms with Crippen LogP contribution in [0.4, 0.5) is 0 Å². The fraction of sp³-hybridized carbons (Fsp3) is 0.789. The number of piperidine rings is 1. The molecule has 0 unspecified atom stereocenters. The molecule has 1 aliphatic carbocycles. The Hall–Kier alpha value is -1.92. The molecular formula is C19H29N5O2. The first kappa shape index (κ1) is 17.5. The van der Waals surface area contributed by atoms with Gasteiger partial charge in [0.1, 0.15) is 12.7 Å². The summed E-state index contributed by atoms with van der Waals surface area (Å²) in [5, 5.41) is 4.07. The van der Waals surface area contributed by atoms with Crippen LogP contribution in [0.3, 0.4) is 0 Å². The SMILES string of the molecule is O=C(CCCn1cncn1)N1CC[C@@]2(CCCN(C3CCCC3)C2=O)C1. The third-order valence-electron chi connectivity index (χ3n) is 6.49. The van der Waals surface area contributed by atoms with Crippen LogP contribution in [0.1, 0.15) is 57.8 Å². The minimum absolute atomic E-state index is 0.174. The molecule has 7 nitrogen and oxygen atoms in total. The van der Waals surface area contributed by atoms with E-state index in [9.17, 15) is 9.59 Å². The highest BCUT2D eigenvalue weighted by Crippen LogP contribution is 2.42. The standard InChI is InChI=1S/C19H29N5O2/c25-17(7-3-10-23-15-20-14-21-23)22-12-9-19(13-22)8-4-11-24(18(19)26)16-5-1-2-6-16/h14-16H,1-13H2/t19-/m0/s1. The van der Waals surface area contributed by atoms with Gasteiger partial charge in [-0.15, -0.1) is 0 Å². The normalized spacial score (nSPS) is 27.0. The van der Waals surface area contributed by atoms with Gasteiger partial charge in [0.25, 0.3) is 0 Å². The summed E-state index contributed by atoms with van der Waals surface area (Å²) in [4.78, 5) is 33.9. The minimum atomic E-state index is -0.303. The van der Waals surface area contributed by atoms with Gasteiger partial charge < -0.3 is 9.80 Å². The van der Waals surface area contributed by atoms with Crippen LogP contribution in [0.5, 0.6) is 0 Å². The number of carbonyl (C=O) groups excluding carboxylic acids is 2. The van der Waals surface area contributed by atoms with Crippen LogP contribution in [-0.2, 0) is 16.1 Å². The number of amides is 2. The molecule has 2 amide bonds. The second kappa shape index (κ2) is 7.37. The van der Waals surface area contributed by atoms with E-state index in [1.54, 1.807) is 11.0 Å². The second-order valence-electron chi connectivity index (χ2n) is 8.15. The van der Waals surface area contributed by atoms with E-state index in [0.29, 0.717) is 31.5 Å². The highest BCUT2D eigenvalue weighted by atomic mass is 16.2. The molecule has 0 bridgehead atoms. The Labute approximate surface area is 154 Å². The Morgan fingerprint density at radius 2 is 2.04 bits per heavy atom. The summed E-state index contributed by atoms with van der Waals surface area (Å²) in [6, 6.07) is 0.451. The van der Waals surface area contributed by atoms with Crippen molar-refractivity contribution in [3.63, 3.8) is 0 Å². The first-order valence-corrected chi connectivity index (χ1v) is 10.1. The molecule has 1 aromatic rings. The maximum Gasteiger partial charge on any atom is 0.230 e. The van der Waals surface area contributed by atoms with Crippen LogP contribution in [0.2, 0.25) is 0 Å². The van der Waals surface area contributed by atoms with Gasteiger partial charge in [0.05, 0.1) is 5.41 Å². The van der Waals surface area contributed by atoms with E-state index in [2.05, 4.69) is 15.0 Å². The topological polar surface area (TPSA) is 71.3 Å². The third-order valence-corrected chi connectivity index (χ3v) is 6.49. The molecule has 3 aliphatic rings. The van der Waals surface area contributed by atoms with Gasteiger partial charge in [-0.3, -0.25) is 14.3 Å². The lowest BCUT2D eigenvalue weighted by molar-refractivity contribution is -0.148. The lowest BCUT2D eigenvalue weighted by Gasteiger charge is -2.42. The number of aromatic nitrogens is 3. The van der Waals surface area contributed by atoms with Crippen molar-refractivity contribution in [3.8, 4) is 0 Å². The third kappa shape index (κ3) is 3.35. The summed E-state index contributed by atoms with van der Waals surface area (Å²) < 4.78 is 1.75. The van der Waals surface area contributed by atoms with Crippen molar-refractivity contribution in [2.24, 2.45) is 5.41 Å². The average Bonchev–Trinajstić information content (AvgIpc) is 3.39. The summed E-state index contributed by atoms with van der Waals surface area (Å²) in [5.41, 5.74) is -0.303. The summed E-state index contributed by atoms with van der Waals surface area (Å²) in [6.07, 6.45) is 12.1. The number of carbonyl (C=O) groups is 2. The van der Waals surface area contributed by atoms with Gasteiger partial charge >= 0.3 is 0 Å². The van der Waals surface area contributed by atoms with E-state index in [-0.39, 0.29) is 11.3 Å². The molecule has 3 fully saturated rings. The van der Waals surface area contributed by atoms with E-state index in [4.69, 9.17) is 0 Å². The molecule has 1 saturated carbocycles. The van der Waals surface area contributed by atoms with Gasteiger partial charge in [-0.1, -0.05) is 12.8 Å². The van der Waals surface area contributed by atoms with Gasteiger partial charge in [-0.25, -0.2) is 4.98 Å². The zero-order valence-corrected chi connectivity index (χ0v) is 15.5. The maximum absolute atomic E-state index is 13.2. The second-order valence-corrected chi connectivity index (χ2v) is 8.15. The van der Waals surface area contributed by atoms with Crippen molar-refractivity contribution in [2.45, 2.75) is 70.4 Å². The number of rotatable bonds is 5. The number of nitrogens with zero attached hydrogens (tertiary/aromatic N) is 5.